The van der Waals surface area contributed by atoms with Crippen molar-refractivity contribution < 1.29 is 19.4 Å². The topological polar surface area (TPSA) is 70.1 Å². The number of aliphatic hydroxyl groups is 1. The SMILES string of the molecule is Cc1cc(OCC(C)C)ccc1/C(O)=C1\C(=O)C(=O)N(CCCN(C)C)[C@H]1c1ccc(Cl)c(Cl)c1. The largest absolute Gasteiger partial charge is 0.507 e. The molecule has 1 amide bonds. The molecule has 1 aliphatic rings. The molecule has 0 spiro atoms. The van der Waals surface area contributed by atoms with Crippen molar-refractivity contribution >= 4 is 40.7 Å². The van der Waals surface area contributed by atoms with Crippen LogP contribution in [0.5, 0.6) is 5.75 Å². The second-order valence-corrected chi connectivity index (χ2v) is 10.3. The molecule has 0 saturated carbocycles. The van der Waals surface area contributed by atoms with E-state index in [1.165, 1.54) is 4.90 Å². The van der Waals surface area contributed by atoms with Crippen LogP contribution < -0.4 is 4.74 Å². The number of aryl methyl sites for hydroxylation is 1. The number of nitrogens with zero attached hydrogens (tertiary/aromatic N) is 2. The normalized spacial score (nSPS) is 17.6. The number of hydrogen-bond donors (Lipinski definition) is 1. The zero-order chi connectivity index (χ0) is 25.9. The number of carbonyl (C=O) groups excluding carboxylic acids is 2. The van der Waals surface area contributed by atoms with Gasteiger partial charge in [-0.15, -0.1) is 0 Å². The van der Waals surface area contributed by atoms with Crippen molar-refractivity contribution in [1.29, 1.82) is 0 Å². The molecule has 1 N–H and O–H groups in total. The molecule has 0 aromatic heterocycles. The average molecular weight is 519 g/mol. The first kappa shape index (κ1) is 27.1. The van der Waals surface area contributed by atoms with E-state index in [1.807, 2.05) is 32.0 Å². The van der Waals surface area contributed by atoms with Gasteiger partial charge in [-0.3, -0.25) is 9.59 Å². The Morgan fingerprint density at radius 3 is 2.43 bits per heavy atom. The van der Waals surface area contributed by atoms with Gasteiger partial charge in [-0.1, -0.05) is 43.1 Å². The molecular weight excluding hydrogens is 487 g/mol. The molecule has 1 fully saturated rings. The van der Waals surface area contributed by atoms with Crippen molar-refractivity contribution in [2.75, 3.05) is 33.8 Å². The summed E-state index contributed by atoms with van der Waals surface area (Å²) in [7, 11) is 3.89. The van der Waals surface area contributed by atoms with E-state index in [0.717, 1.165) is 12.1 Å². The lowest BCUT2D eigenvalue weighted by atomic mass is 9.94. The Hall–Kier alpha value is -2.54. The highest BCUT2D eigenvalue weighted by Crippen LogP contribution is 2.41. The Labute approximate surface area is 217 Å². The number of halogens is 2. The third-order valence-electron chi connectivity index (χ3n) is 5.84. The summed E-state index contributed by atoms with van der Waals surface area (Å²) in [4.78, 5) is 29.8. The fraction of sp³-hybridized carbons (Fsp3) is 0.407. The Morgan fingerprint density at radius 2 is 1.83 bits per heavy atom. The third-order valence-corrected chi connectivity index (χ3v) is 6.58. The number of likely N-dealkylation sites (tertiary alicyclic amines) is 1. The molecule has 0 radical (unpaired) electrons. The number of amides is 1. The summed E-state index contributed by atoms with van der Waals surface area (Å²) < 4.78 is 5.78. The van der Waals surface area contributed by atoms with Gasteiger partial charge >= 0.3 is 0 Å². The average Bonchev–Trinajstić information content (AvgIpc) is 3.04. The first-order valence-electron chi connectivity index (χ1n) is 11.6. The van der Waals surface area contributed by atoms with Crippen molar-refractivity contribution in [2.45, 2.75) is 33.2 Å². The van der Waals surface area contributed by atoms with Crippen molar-refractivity contribution in [3.63, 3.8) is 0 Å². The number of benzene rings is 2. The summed E-state index contributed by atoms with van der Waals surface area (Å²) in [6.45, 7) is 7.62. The molecule has 2 aromatic rings. The molecule has 3 rings (SSSR count). The molecule has 8 heteroatoms. The molecule has 1 atom stereocenters. The van der Waals surface area contributed by atoms with E-state index in [1.54, 1.807) is 30.3 Å². The van der Waals surface area contributed by atoms with Crippen LogP contribution in [0.15, 0.2) is 42.0 Å². The van der Waals surface area contributed by atoms with Crippen LogP contribution in [0.2, 0.25) is 10.0 Å². The minimum Gasteiger partial charge on any atom is -0.507 e. The standard InChI is InChI=1S/C27H32Cl2N2O4/c1-16(2)15-35-19-8-9-20(17(3)13-19)25(32)23-24(18-7-10-21(28)22(29)14-18)31(27(34)26(23)33)12-6-11-30(4)5/h7-10,13-14,16,24,32H,6,11-12,15H2,1-5H3/b25-23+/t24-/m0/s1. The van der Waals surface area contributed by atoms with Gasteiger partial charge in [0.15, 0.2) is 0 Å². The number of hydrogen-bond acceptors (Lipinski definition) is 5. The summed E-state index contributed by atoms with van der Waals surface area (Å²) in [6, 6.07) is 9.51. The highest BCUT2D eigenvalue weighted by molar-refractivity contribution is 6.47. The van der Waals surface area contributed by atoms with E-state index >= 15 is 0 Å². The minimum atomic E-state index is -0.775. The zero-order valence-corrected chi connectivity index (χ0v) is 22.3. The van der Waals surface area contributed by atoms with Crippen LogP contribution in [0.1, 0.15) is 43.0 Å². The molecule has 0 aliphatic carbocycles. The summed E-state index contributed by atoms with van der Waals surface area (Å²) in [5, 5.41) is 12.0. The Kier molecular flexibility index (Phi) is 8.86. The summed E-state index contributed by atoms with van der Waals surface area (Å²) >= 11 is 12.4. The molecule has 0 bridgehead atoms. The van der Waals surface area contributed by atoms with Gasteiger partial charge in [0, 0.05) is 12.1 Å². The van der Waals surface area contributed by atoms with E-state index < -0.39 is 17.7 Å². The lowest BCUT2D eigenvalue weighted by molar-refractivity contribution is -0.139. The zero-order valence-electron chi connectivity index (χ0n) is 20.8. The van der Waals surface area contributed by atoms with Gasteiger partial charge in [0.05, 0.1) is 28.3 Å². The van der Waals surface area contributed by atoms with E-state index in [2.05, 4.69) is 13.8 Å². The predicted molar refractivity (Wildman–Crippen MR) is 140 cm³/mol. The number of ketones is 1. The highest BCUT2D eigenvalue weighted by Gasteiger charge is 2.46. The lowest BCUT2D eigenvalue weighted by Gasteiger charge is -2.26. The minimum absolute atomic E-state index is 0.0391. The van der Waals surface area contributed by atoms with Gasteiger partial charge in [0.1, 0.15) is 11.5 Å². The van der Waals surface area contributed by atoms with Crippen molar-refractivity contribution in [3.8, 4) is 5.75 Å². The summed E-state index contributed by atoms with van der Waals surface area (Å²) in [6.07, 6.45) is 0.665. The maximum Gasteiger partial charge on any atom is 0.295 e. The number of carbonyl (C=O) groups is 2. The van der Waals surface area contributed by atoms with Crippen molar-refractivity contribution in [2.24, 2.45) is 5.92 Å². The third kappa shape index (κ3) is 6.18. The van der Waals surface area contributed by atoms with Crippen LogP contribution >= 0.6 is 23.2 Å². The van der Waals surface area contributed by atoms with Crippen LogP contribution in [-0.4, -0.2) is 60.4 Å². The predicted octanol–water partition coefficient (Wildman–Crippen LogP) is 5.71. The van der Waals surface area contributed by atoms with Crippen LogP contribution in [0.25, 0.3) is 5.76 Å². The first-order chi connectivity index (χ1) is 16.5. The van der Waals surface area contributed by atoms with Crippen LogP contribution in [0.3, 0.4) is 0 Å². The number of aliphatic hydroxyl groups excluding tert-OH is 1. The van der Waals surface area contributed by atoms with Gasteiger partial charge < -0.3 is 19.6 Å². The van der Waals surface area contributed by atoms with E-state index in [9.17, 15) is 14.7 Å². The molecule has 1 saturated heterocycles. The van der Waals surface area contributed by atoms with Gasteiger partial charge in [-0.05, 0) is 81.4 Å². The highest BCUT2D eigenvalue weighted by atomic mass is 35.5. The molecular formula is C27H32Cl2N2O4. The van der Waals surface area contributed by atoms with Crippen LogP contribution in [0.4, 0.5) is 0 Å². The second-order valence-electron chi connectivity index (χ2n) is 9.50. The lowest BCUT2D eigenvalue weighted by Crippen LogP contribution is -2.32. The van der Waals surface area contributed by atoms with Crippen LogP contribution in [-0.2, 0) is 9.59 Å². The van der Waals surface area contributed by atoms with Crippen LogP contribution in [0, 0.1) is 12.8 Å². The van der Waals surface area contributed by atoms with Gasteiger partial charge in [0.2, 0.25) is 0 Å². The summed E-state index contributed by atoms with van der Waals surface area (Å²) in [5.74, 6) is -0.530. The maximum absolute atomic E-state index is 13.2. The maximum atomic E-state index is 13.2. The molecule has 35 heavy (non-hydrogen) atoms. The molecule has 6 nitrogen and oxygen atoms in total. The molecule has 188 valence electrons. The van der Waals surface area contributed by atoms with E-state index in [-0.39, 0.29) is 11.3 Å². The van der Waals surface area contributed by atoms with Gasteiger partial charge in [0.25, 0.3) is 11.7 Å². The summed E-state index contributed by atoms with van der Waals surface area (Å²) in [5.41, 5.74) is 1.85. The Bertz CT molecular complexity index is 1140. The van der Waals surface area contributed by atoms with Gasteiger partial charge in [-0.2, -0.15) is 0 Å². The molecule has 1 aliphatic heterocycles. The molecule has 2 aromatic carbocycles. The fourth-order valence-corrected chi connectivity index (χ4v) is 4.40. The monoisotopic (exact) mass is 518 g/mol. The Balaban J connectivity index is 2.08. The van der Waals surface area contributed by atoms with Crippen molar-refractivity contribution in [1.82, 2.24) is 9.80 Å². The quantitative estimate of drug-likeness (QED) is 0.261. The van der Waals surface area contributed by atoms with E-state index in [0.29, 0.717) is 52.4 Å². The second kappa shape index (κ2) is 11.5. The fourth-order valence-electron chi connectivity index (χ4n) is 4.10. The Morgan fingerprint density at radius 1 is 1.11 bits per heavy atom. The molecule has 0 unspecified atom stereocenters. The molecule has 1 heterocycles. The number of Topliss-reactive ketones (excluding diaryl/α,β-unsaturated/α-hetero) is 1. The van der Waals surface area contributed by atoms with E-state index in [4.69, 9.17) is 27.9 Å². The first-order valence-corrected chi connectivity index (χ1v) is 12.4. The van der Waals surface area contributed by atoms with Gasteiger partial charge in [-0.25, -0.2) is 0 Å². The number of rotatable bonds is 9. The van der Waals surface area contributed by atoms with Crippen molar-refractivity contribution in [3.05, 3.63) is 68.7 Å². The number of ether oxygens (including phenoxy) is 1. The smallest absolute Gasteiger partial charge is 0.295 e.